The van der Waals surface area contributed by atoms with Gasteiger partial charge in [-0.2, -0.15) is 5.10 Å². The van der Waals surface area contributed by atoms with Crippen LogP contribution in [-0.4, -0.2) is 40.1 Å². The van der Waals surface area contributed by atoms with Gasteiger partial charge in [0.25, 0.3) is 0 Å². The van der Waals surface area contributed by atoms with Gasteiger partial charge in [-0.1, -0.05) is 30.3 Å². The summed E-state index contributed by atoms with van der Waals surface area (Å²) in [4.78, 5) is 29.5. The summed E-state index contributed by atoms with van der Waals surface area (Å²) in [5.41, 5.74) is 7.10. The smallest absolute Gasteiger partial charge is 0.228 e. The molecule has 0 unspecified atom stereocenters. The molecule has 2 aromatic carbocycles. The molecule has 0 N–H and O–H groups in total. The third-order valence-electron chi connectivity index (χ3n) is 6.55. The van der Waals surface area contributed by atoms with Gasteiger partial charge in [0.1, 0.15) is 0 Å². The normalized spacial score (nSPS) is 16.0. The van der Waals surface area contributed by atoms with Crippen LogP contribution in [0, 0.1) is 33.6 Å². The van der Waals surface area contributed by atoms with E-state index in [0.29, 0.717) is 13.1 Å². The number of rotatable bonds is 5. The van der Waals surface area contributed by atoms with Crippen LogP contribution in [-0.2, 0) is 16.1 Å². The molecule has 0 aliphatic carbocycles. The Morgan fingerprint density at radius 2 is 1.78 bits per heavy atom. The highest BCUT2D eigenvalue weighted by molar-refractivity contribution is 6.00. The predicted molar refractivity (Wildman–Crippen MR) is 126 cm³/mol. The molecule has 4 rings (SSSR count). The molecular weight excluding hydrogens is 400 g/mol. The van der Waals surface area contributed by atoms with E-state index in [9.17, 15) is 9.59 Å². The second kappa shape index (κ2) is 8.61. The number of aryl methyl sites for hydroxylation is 2. The maximum absolute atomic E-state index is 13.2. The molecule has 0 bridgehead atoms. The van der Waals surface area contributed by atoms with Crippen molar-refractivity contribution in [1.29, 1.82) is 0 Å². The monoisotopic (exact) mass is 430 g/mol. The first-order chi connectivity index (χ1) is 15.3. The van der Waals surface area contributed by atoms with Gasteiger partial charge in [-0.3, -0.25) is 9.59 Å². The van der Waals surface area contributed by atoms with Crippen LogP contribution in [0.5, 0.6) is 0 Å². The first kappa shape index (κ1) is 21.8. The predicted octanol–water partition coefficient (Wildman–Crippen LogP) is 4.12. The van der Waals surface area contributed by atoms with Crippen LogP contribution in [0.25, 0.3) is 5.69 Å². The summed E-state index contributed by atoms with van der Waals surface area (Å²) in [5.74, 6) is -0.329. The standard InChI is InChI=1S/C26H30N4O2/c1-17-10-9-13-24(18(17)2)29-15-21(14-25(29)31)26(32)28(5)16-23-19(3)27-30(20(23)4)22-11-7-6-8-12-22/h6-13,21H,14-16H2,1-5H3/t21-/m1/s1. The second-order valence-electron chi connectivity index (χ2n) is 8.72. The maximum Gasteiger partial charge on any atom is 0.228 e. The second-order valence-corrected chi connectivity index (χ2v) is 8.72. The largest absolute Gasteiger partial charge is 0.341 e. The van der Waals surface area contributed by atoms with Crippen LogP contribution in [0.4, 0.5) is 5.69 Å². The lowest BCUT2D eigenvalue weighted by Gasteiger charge is -2.23. The molecule has 1 aliphatic heterocycles. The molecule has 6 heteroatoms. The molecule has 166 valence electrons. The first-order valence-electron chi connectivity index (χ1n) is 11.0. The van der Waals surface area contributed by atoms with Crippen LogP contribution in [0.2, 0.25) is 0 Å². The lowest BCUT2D eigenvalue weighted by molar-refractivity contribution is -0.135. The number of carbonyl (C=O) groups is 2. The molecule has 2 heterocycles. The average Bonchev–Trinajstić information content (AvgIpc) is 3.30. The van der Waals surface area contributed by atoms with Crippen molar-refractivity contribution in [2.75, 3.05) is 18.5 Å². The van der Waals surface area contributed by atoms with Gasteiger partial charge in [0.15, 0.2) is 0 Å². The molecule has 1 fully saturated rings. The molecule has 0 radical (unpaired) electrons. The number of para-hydroxylation sites is 1. The summed E-state index contributed by atoms with van der Waals surface area (Å²) >= 11 is 0. The Balaban J connectivity index is 1.50. The van der Waals surface area contributed by atoms with Crippen LogP contribution in [0.3, 0.4) is 0 Å². The lowest BCUT2D eigenvalue weighted by atomic mass is 10.1. The summed E-state index contributed by atoms with van der Waals surface area (Å²) in [6, 6.07) is 15.9. The van der Waals surface area contributed by atoms with Crippen molar-refractivity contribution in [2.24, 2.45) is 5.92 Å². The summed E-state index contributed by atoms with van der Waals surface area (Å²) in [5, 5.41) is 4.69. The molecular formula is C26H30N4O2. The van der Waals surface area contributed by atoms with Crippen molar-refractivity contribution in [1.82, 2.24) is 14.7 Å². The fraction of sp³-hybridized carbons (Fsp3) is 0.346. The highest BCUT2D eigenvalue weighted by Crippen LogP contribution is 2.30. The van der Waals surface area contributed by atoms with E-state index in [-0.39, 0.29) is 24.2 Å². The minimum Gasteiger partial charge on any atom is -0.341 e. The number of benzene rings is 2. The van der Waals surface area contributed by atoms with Crippen molar-refractivity contribution < 1.29 is 9.59 Å². The minimum absolute atomic E-state index is 0.00239. The van der Waals surface area contributed by atoms with Gasteiger partial charge in [-0.25, -0.2) is 4.68 Å². The Hall–Kier alpha value is -3.41. The van der Waals surface area contributed by atoms with Crippen LogP contribution in [0.15, 0.2) is 48.5 Å². The van der Waals surface area contributed by atoms with Crippen LogP contribution < -0.4 is 4.90 Å². The maximum atomic E-state index is 13.2. The van der Waals surface area contributed by atoms with Crippen LogP contribution in [0.1, 0.15) is 34.5 Å². The van der Waals surface area contributed by atoms with E-state index in [4.69, 9.17) is 0 Å². The highest BCUT2D eigenvalue weighted by atomic mass is 16.2. The van der Waals surface area contributed by atoms with Crippen molar-refractivity contribution in [3.63, 3.8) is 0 Å². The van der Waals surface area contributed by atoms with Crippen molar-refractivity contribution in [3.8, 4) is 5.69 Å². The van der Waals surface area contributed by atoms with Gasteiger partial charge >= 0.3 is 0 Å². The number of aromatic nitrogens is 2. The summed E-state index contributed by atoms with van der Waals surface area (Å²) in [7, 11) is 1.81. The Labute approximate surface area is 189 Å². The van der Waals surface area contributed by atoms with Crippen LogP contribution >= 0.6 is 0 Å². The number of carbonyl (C=O) groups excluding carboxylic acids is 2. The molecule has 1 aliphatic rings. The van der Waals surface area contributed by atoms with E-state index in [1.807, 2.05) is 88.0 Å². The van der Waals surface area contributed by atoms with Crippen molar-refractivity contribution in [2.45, 2.75) is 40.7 Å². The fourth-order valence-corrected chi connectivity index (χ4v) is 4.49. The number of hydrogen-bond donors (Lipinski definition) is 0. The molecule has 0 saturated carbocycles. The fourth-order valence-electron chi connectivity index (χ4n) is 4.49. The Kier molecular flexibility index (Phi) is 5.87. The zero-order valence-electron chi connectivity index (χ0n) is 19.4. The number of hydrogen-bond acceptors (Lipinski definition) is 3. The topological polar surface area (TPSA) is 58.4 Å². The Morgan fingerprint density at radius 1 is 1.06 bits per heavy atom. The molecule has 0 spiro atoms. The third-order valence-corrected chi connectivity index (χ3v) is 6.55. The summed E-state index contributed by atoms with van der Waals surface area (Å²) in [6.45, 7) is 8.96. The van der Waals surface area contributed by atoms with Gasteiger partial charge < -0.3 is 9.80 Å². The number of nitrogens with zero attached hydrogens (tertiary/aromatic N) is 4. The Morgan fingerprint density at radius 3 is 2.50 bits per heavy atom. The Bertz CT molecular complexity index is 1170. The summed E-state index contributed by atoms with van der Waals surface area (Å²) < 4.78 is 1.92. The number of amides is 2. The van der Waals surface area contributed by atoms with Gasteiger partial charge in [0, 0.05) is 43.5 Å². The molecule has 1 atom stereocenters. The molecule has 3 aromatic rings. The quantitative estimate of drug-likeness (QED) is 0.612. The van der Waals surface area contributed by atoms with Gasteiger partial charge in [-0.15, -0.1) is 0 Å². The van der Waals surface area contributed by atoms with E-state index in [1.165, 1.54) is 0 Å². The zero-order valence-corrected chi connectivity index (χ0v) is 19.4. The number of anilines is 1. The molecule has 1 aromatic heterocycles. The van der Waals surface area contributed by atoms with E-state index < -0.39 is 0 Å². The van der Waals surface area contributed by atoms with E-state index in [1.54, 1.807) is 9.80 Å². The average molecular weight is 431 g/mol. The molecule has 32 heavy (non-hydrogen) atoms. The zero-order chi connectivity index (χ0) is 23.0. The third kappa shape index (κ3) is 3.93. The molecule has 6 nitrogen and oxygen atoms in total. The highest BCUT2D eigenvalue weighted by Gasteiger charge is 2.37. The van der Waals surface area contributed by atoms with E-state index >= 15 is 0 Å². The van der Waals surface area contributed by atoms with E-state index in [0.717, 1.165) is 39.5 Å². The molecule has 2 amide bonds. The van der Waals surface area contributed by atoms with Gasteiger partial charge in [0.2, 0.25) is 11.8 Å². The summed E-state index contributed by atoms with van der Waals surface area (Å²) in [6.07, 6.45) is 0.248. The van der Waals surface area contributed by atoms with Crippen molar-refractivity contribution in [3.05, 3.63) is 76.6 Å². The lowest BCUT2D eigenvalue weighted by Crippen LogP contribution is -2.34. The first-order valence-corrected chi connectivity index (χ1v) is 11.0. The van der Waals surface area contributed by atoms with Gasteiger partial charge in [0.05, 0.1) is 17.3 Å². The SMILES string of the molecule is Cc1cccc(N2C[C@H](C(=O)N(C)Cc3c(C)nn(-c4ccccc4)c3C)CC2=O)c1C. The van der Waals surface area contributed by atoms with Crippen molar-refractivity contribution >= 4 is 17.5 Å². The molecule has 1 saturated heterocycles. The van der Waals surface area contributed by atoms with Gasteiger partial charge in [-0.05, 0) is 57.0 Å². The minimum atomic E-state index is -0.336. The van der Waals surface area contributed by atoms with E-state index in [2.05, 4.69) is 5.10 Å².